The third kappa shape index (κ3) is 3.16. The summed E-state index contributed by atoms with van der Waals surface area (Å²) in [7, 11) is 1.51. The first kappa shape index (κ1) is 17.6. The molecule has 4 N–H and O–H groups in total. The van der Waals surface area contributed by atoms with E-state index in [4.69, 9.17) is 25.7 Å². The van der Waals surface area contributed by atoms with Crippen molar-refractivity contribution >= 4 is 28.2 Å². The van der Waals surface area contributed by atoms with Crippen molar-refractivity contribution in [2.45, 2.75) is 6.92 Å². The molecule has 0 fully saturated rings. The molecule has 1 aromatic heterocycles. The molecule has 0 unspecified atom stereocenters. The van der Waals surface area contributed by atoms with Gasteiger partial charge in [-0.2, -0.15) is 0 Å². The molecule has 26 heavy (non-hydrogen) atoms. The van der Waals surface area contributed by atoms with Gasteiger partial charge in [0, 0.05) is 36.1 Å². The van der Waals surface area contributed by atoms with E-state index in [2.05, 4.69) is 0 Å². The van der Waals surface area contributed by atoms with Crippen molar-refractivity contribution in [3.8, 4) is 11.4 Å². The van der Waals surface area contributed by atoms with Gasteiger partial charge in [0.25, 0.3) is 0 Å². The van der Waals surface area contributed by atoms with Gasteiger partial charge in [-0.15, -0.1) is 0 Å². The van der Waals surface area contributed by atoms with E-state index in [1.807, 2.05) is 16.7 Å². The Morgan fingerprint density at radius 3 is 2.69 bits per heavy atom. The quantitative estimate of drug-likeness (QED) is 0.400. The van der Waals surface area contributed by atoms with Gasteiger partial charge in [0.15, 0.2) is 6.79 Å². The first-order valence-electron chi connectivity index (χ1n) is 8.15. The van der Waals surface area contributed by atoms with Crippen LogP contribution in [0.15, 0.2) is 42.6 Å². The lowest BCUT2D eigenvalue weighted by molar-refractivity contribution is 0.0438. The number of nitrogen functional groups attached to an aromatic ring is 2. The fraction of sp³-hybridized carbons (Fsp3) is 0.211. The highest BCUT2D eigenvalue weighted by Crippen LogP contribution is 2.33. The second kappa shape index (κ2) is 7.37. The molecule has 3 aromatic rings. The predicted molar refractivity (Wildman–Crippen MR) is 101 cm³/mol. The zero-order valence-corrected chi connectivity index (χ0v) is 14.7. The van der Waals surface area contributed by atoms with Gasteiger partial charge in [-0.1, -0.05) is 6.07 Å². The molecule has 0 aliphatic rings. The minimum absolute atomic E-state index is 0.0113. The third-order valence-corrected chi connectivity index (χ3v) is 3.96. The van der Waals surface area contributed by atoms with E-state index in [0.29, 0.717) is 22.7 Å². The number of carbonyl (C=O) groups is 1. The van der Waals surface area contributed by atoms with Crippen LogP contribution in [0.2, 0.25) is 0 Å². The van der Waals surface area contributed by atoms with Gasteiger partial charge in [-0.25, -0.2) is 4.79 Å². The lowest BCUT2D eigenvalue weighted by Crippen LogP contribution is -2.10. The molecule has 136 valence electrons. The average molecular weight is 355 g/mol. The highest BCUT2D eigenvalue weighted by molar-refractivity contribution is 6.02. The maximum absolute atomic E-state index is 12.2. The smallest absolute Gasteiger partial charge is 0.341 e. The number of rotatable bonds is 6. The van der Waals surface area contributed by atoms with E-state index in [9.17, 15) is 4.79 Å². The van der Waals surface area contributed by atoms with Crippen molar-refractivity contribution in [3.05, 3.63) is 48.2 Å². The molecule has 0 amide bonds. The minimum Gasteiger partial charge on any atom is -0.467 e. The molecule has 1 heterocycles. The van der Waals surface area contributed by atoms with Crippen LogP contribution in [-0.2, 0) is 9.47 Å². The monoisotopic (exact) mass is 355 g/mol. The molecule has 2 aromatic carbocycles. The third-order valence-electron chi connectivity index (χ3n) is 3.96. The van der Waals surface area contributed by atoms with E-state index in [-0.39, 0.29) is 13.4 Å². The summed E-state index contributed by atoms with van der Waals surface area (Å²) >= 11 is 0. The Balaban J connectivity index is 2.11. The Labute approximate surface area is 151 Å². The SMILES string of the molecule is CCOC(=O)c1ccc(-n2cc(N)c3c(N)cccc32)cc1OCOC. The molecule has 0 saturated heterocycles. The standard InChI is InChI=1S/C19H21N3O4/c1-3-25-19(23)13-8-7-12(9-17(13)26-11-24-2)22-10-15(21)18-14(20)5-4-6-16(18)22/h4-10H,3,11,20-21H2,1-2H3. The van der Waals surface area contributed by atoms with Crippen LogP contribution >= 0.6 is 0 Å². The average Bonchev–Trinajstić information content (AvgIpc) is 2.98. The van der Waals surface area contributed by atoms with Crippen molar-refractivity contribution < 1.29 is 19.0 Å². The number of carbonyl (C=O) groups excluding carboxylic acids is 1. The van der Waals surface area contributed by atoms with E-state index >= 15 is 0 Å². The van der Waals surface area contributed by atoms with Crippen LogP contribution in [0.1, 0.15) is 17.3 Å². The van der Waals surface area contributed by atoms with Crippen LogP contribution in [0.3, 0.4) is 0 Å². The number of methoxy groups -OCH3 is 1. The molecule has 7 nitrogen and oxygen atoms in total. The fourth-order valence-corrected chi connectivity index (χ4v) is 2.84. The molecule has 0 saturated carbocycles. The Kier molecular flexibility index (Phi) is 4.99. The van der Waals surface area contributed by atoms with Gasteiger partial charge in [-0.05, 0) is 31.2 Å². The van der Waals surface area contributed by atoms with Gasteiger partial charge in [0.05, 0.1) is 17.8 Å². The number of nitrogens with two attached hydrogens (primary N) is 2. The molecule has 0 atom stereocenters. The van der Waals surface area contributed by atoms with E-state index < -0.39 is 5.97 Å². The minimum atomic E-state index is -0.453. The first-order chi connectivity index (χ1) is 12.6. The van der Waals surface area contributed by atoms with Gasteiger partial charge < -0.3 is 30.2 Å². The Hall–Kier alpha value is -3.19. The lowest BCUT2D eigenvalue weighted by atomic mass is 10.1. The van der Waals surface area contributed by atoms with Gasteiger partial charge in [-0.3, -0.25) is 0 Å². The lowest BCUT2D eigenvalue weighted by Gasteiger charge is -2.13. The number of esters is 1. The van der Waals surface area contributed by atoms with Crippen molar-refractivity contribution in [1.29, 1.82) is 0 Å². The largest absolute Gasteiger partial charge is 0.467 e. The number of aromatic nitrogens is 1. The van der Waals surface area contributed by atoms with Crippen molar-refractivity contribution in [3.63, 3.8) is 0 Å². The normalized spacial score (nSPS) is 10.8. The maximum atomic E-state index is 12.2. The Morgan fingerprint density at radius 1 is 1.15 bits per heavy atom. The second-order valence-corrected chi connectivity index (χ2v) is 5.65. The van der Waals surface area contributed by atoms with Crippen LogP contribution < -0.4 is 16.2 Å². The van der Waals surface area contributed by atoms with Crippen LogP contribution in [0.25, 0.3) is 16.6 Å². The summed E-state index contributed by atoms with van der Waals surface area (Å²) in [5.41, 5.74) is 15.3. The van der Waals surface area contributed by atoms with Gasteiger partial charge >= 0.3 is 5.97 Å². The number of benzene rings is 2. The van der Waals surface area contributed by atoms with Crippen molar-refractivity contribution in [1.82, 2.24) is 4.57 Å². The number of ether oxygens (including phenoxy) is 3. The van der Waals surface area contributed by atoms with Crippen LogP contribution in [0, 0.1) is 0 Å². The van der Waals surface area contributed by atoms with Gasteiger partial charge in [0.2, 0.25) is 0 Å². The van der Waals surface area contributed by atoms with E-state index in [1.165, 1.54) is 7.11 Å². The van der Waals surface area contributed by atoms with Crippen LogP contribution in [-0.4, -0.2) is 31.0 Å². The summed E-state index contributed by atoms with van der Waals surface area (Å²) in [6.07, 6.45) is 1.79. The van der Waals surface area contributed by atoms with Crippen molar-refractivity contribution in [2.75, 3.05) is 32.0 Å². The highest BCUT2D eigenvalue weighted by atomic mass is 16.7. The fourth-order valence-electron chi connectivity index (χ4n) is 2.84. The molecule has 0 aliphatic heterocycles. The van der Waals surface area contributed by atoms with E-state index in [1.54, 1.807) is 37.4 Å². The first-order valence-corrected chi connectivity index (χ1v) is 8.15. The molecular formula is C19H21N3O4. The predicted octanol–water partition coefficient (Wildman–Crippen LogP) is 2.95. The molecular weight excluding hydrogens is 334 g/mol. The highest BCUT2D eigenvalue weighted by Gasteiger charge is 2.17. The Bertz CT molecular complexity index is 949. The zero-order valence-electron chi connectivity index (χ0n) is 14.7. The van der Waals surface area contributed by atoms with Gasteiger partial charge in [0.1, 0.15) is 11.3 Å². The van der Waals surface area contributed by atoms with Crippen molar-refractivity contribution in [2.24, 2.45) is 0 Å². The maximum Gasteiger partial charge on any atom is 0.341 e. The summed E-state index contributed by atoms with van der Waals surface area (Å²) < 4.78 is 17.5. The summed E-state index contributed by atoms with van der Waals surface area (Å²) in [6, 6.07) is 10.8. The second-order valence-electron chi connectivity index (χ2n) is 5.65. The zero-order chi connectivity index (χ0) is 18.7. The molecule has 7 heteroatoms. The Morgan fingerprint density at radius 2 is 1.96 bits per heavy atom. The summed E-state index contributed by atoms with van der Waals surface area (Å²) in [5, 5.41) is 0.793. The molecule has 0 spiro atoms. The van der Waals surface area contributed by atoms with E-state index in [0.717, 1.165) is 16.6 Å². The number of fused-ring (bicyclic) bond motifs is 1. The number of hydrogen-bond donors (Lipinski definition) is 2. The molecule has 0 bridgehead atoms. The summed E-state index contributed by atoms with van der Waals surface area (Å²) in [4.78, 5) is 12.2. The molecule has 0 radical (unpaired) electrons. The molecule has 0 aliphatic carbocycles. The van der Waals surface area contributed by atoms with Crippen LogP contribution in [0.5, 0.6) is 5.75 Å². The van der Waals surface area contributed by atoms with Crippen LogP contribution in [0.4, 0.5) is 11.4 Å². The summed E-state index contributed by atoms with van der Waals surface area (Å²) in [5.74, 6) is -0.0848. The number of anilines is 2. The summed E-state index contributed by atoms with van der Waals surface area (Å²) in [6.45, 7) is 2.04. The number of nitrogens with zero attached hydrogens (tertiary/aromatic N) is 1. The number of hydrogen-bond acceptors (Lipinski definition) is 6. The molecule has 3 rings (SSSR count). The topological polar surface area (TPSA) is 102 Å².